The Labute approximate surface area is 225 Å². The van der Waals surface area contributed by atoms with Crippen LogP contribution in [-0.2, 0) is 4.79 Å². The number of piperidine rings is 1. The van der Waals surface area contributed by atoms with Gasteiger partial charge in [0.05, 0.1) is 18.4 Å². The summed E-state index contributed by atoms with van der Waals surface area (Å²) in [6.45, 7) is 3.68. The van der Waals surface area contributed by atoms with Crippen LogP contribution in [0.5, 0.6) is 5.75 Å². The van der Waals surface area contributed by atoms with Gasteiger partial charge in [-0.1, -0.05) is 49.2 Å². The highest BCUT2D eigenvalue weighted by atomic mass is 16.5. The van der Waals surface area contributed by atoms with Crippen LogP contribution in [0, 0.1) is 0 Å². The second kappa shape index (κ2) is 11.8. The maximum absolute atomic E-state index is 13.4. The van der Waals surface area contributed by atoms with Gasteiger partial charge in [0.25, 0.3) is 5.91 Å². The van der Waals surface area contributed by atoms with Crippen LogP contribution >= 0.6 is 0 Å². The first-order valence-corrected chi connectivity index (χ1v) is 13.7. The van der Waals surface area contributed by atoms with Gasteiger partial charge in [-0.15, -0.1) is 0 Å². The summed E-state index contributed by atoms with van der Waals surface area (Å²) >= 11 is 0. The molecule has 1 saturated carbocycles. The molecule has 38 heavy (non-hydrogen) atoms. The first kappa shape index (κ1) is 26.0. The molecule has 1 aliphatic carbocycles. The number of likely N-dealkylation sites (tertiary alicyclic amines) is 1. The van der Waals surface area contributed by atoms with Gasteiger partial charge < -0.3 is 20.3 Å². The minimum atomic E-state index is -0.263. The molecule has 3 aromatic carbocycles. The lowest BCUT2D eigenvalue weighted by Crippen LogP contribution is -2.39. The van der Waals surface area contributed by atoms with Gasteiger partial charge in [0.2, 0.25) is 5.91 Å². The number of amides is 2. The van der Waals surface area contributed by atoms with E-state index in [2.05, 4.69) is 21.6 Å². The van der Waals surface area contributed by atoms with Crippen molar-refractivity contribution in [1.29, 1.82) is 0 Å². The van der Waals surface area contributed by atoms with Crippen molar-refractivity contribution in [3.05, 3.63) is 77.9 Å². The molecule has 2 amide bonds. The molecule has 0 unspecified atom stereocenters. The highest BCUT2D eigenvalue weighted by molar-refractivity contribution is 6.10. The average molecular weight is 512 g/mol. The second-order valence-electron chi connectivity index (χ2n) is 10.5. The molecule has 5 rings (SSSR count). The van der Waals surface area contributed by atoms with Crippen LogP contribution in [0.3, 0.4) is 0 Å². The van der Waals surface area contributed by atoms with E-state index in [-0.39, 0.29) is 11.8 Å². The van der Waals surface area contributed by atoms with Crippen molar-refractivity contribution in [3.8, 4) is 16.9 Å². The zero-order chi connectivity index (χ0) is 26.5. The highest BCUT2D eigenvalue weighted by Crippen LogP contribution is 2.38. The van der Waals surface area contributed by atoms with Gasteiger partial charge in [0.1, 0.15) is 5.75 Å². The van der Waals surface area contributed by atoms with E-state index in [4.69, 9.17) is 4.74 Å². The van der Waals surface area contributed by atoms with Crippen LogP contribution in [0.15, 0.2) is 66.7 Å². The summed E-state index contributed by atoms with van der Waals surface area (Å²) in [5.41, 5.74) is 4.74. The van der Waals surface area contributed by atoms with Crippen molar-refractivity contribution in [1.82, 2.24) is 4.90 Å². The molecule has 198 valence electrons. The lowest BCUT2D eigenvalue weighted by atomic mass is 9.87. The highest BCUT2D eigenvalue weighted by Gasteiger charge is 2.29. The fourth-order valence-electron chi connectivity index (χ4n) is 6.02. The van der Waals surface area contributed by atoms with E-state index in [9.17, 15) is 9.59 Å². The maximum Gasteiger partial charge on any atom is 0.257 e. The standard InChI is InChI=1S/C32H37N3O3/c1-22(36)33-30-20-25(23-8-4-3-5-9-23)12-14-28(30)32(37)34-26-13-15-31(38-2)29(21-26)24-16-18-35(19-17-24)27-10-6-7-11-27/h3-5,8-9,12-15,20-21,24,27H,6-7,10-11,16-19H2,1-2H3,(H,33,36)(H,34,37). The Hall–Kier alpha value is -3.64. The van der Waals surface area contributed by atoms with Gasteiger partial charge in [-0.25, -0.2) is 0 Å². The van der Waals surface area contributed by atoms with Crippen molar-refractivity contribution >= 4 is 23.2 Å². The van der Waals surface area contributed by atoms with E-state index in [0.717, 1.165) is 60.1 Å². The summed E-state index contributed by atoms with van der Waals surface area (Å²) in [6, 6.07) is 22.1. The molecular formula is C32H37N3O3. The summed E-state index contributed by atoms with van der Waals surface area (Å²) in [7, 11) is 1.71. The molecule has 2 N–H and O–H groups in total. The quantitative estimate of drug-likeness (QED) is 0.371. The number of nitrogens with zero attached hydrogens (tertiary/aromatic N) is 1. The molecule has 0 bridgehead atoms. The van der Waals surface area contributed by atoms with Gasteiger partial charge in [0, 0.05) is 18.7 Å². The maximum atomic E-state index is 13.4. The Morgan fingerprint density at radius 3 is 2.26 bits per heavy atom. The van der Waals surface area contributed by atoms with E-state index >= 15 is 0 Å². The molecule has 6 heteroatoms. The number of carbonyl (C=O) groups excluding carboxylic acids is 2. The molecule has 2 fully saturated rings. The van der Waals surface area contributed by atoms with E-state index < -0.39 is 0 Å². The summed E-state index contributed by atoms with van der Waals surface area (Å²) in [4.78, 5) is 28.0. The minimum Gasteiger partial charge on any atom is -0.496 e. The zero-order valence-electron chi connectivity index (χ0n) is 22.3. The Bertz CT molecular complexity index is 1280. The Morgan fingerprint density at radius 1 is 0.842 bits per heavy atom. The summed E-state index contributed by atoms with van der Waals surface area (Å²) in [5, 5.41) is 5.89. The predicted molar refractivity (Wildman–Crippen MR) is 153 cm³/mol. The average Bonchev–Trinajstić information content (AvgIpc) is 3.48. The first-order chi connectivity index (χ1) is 18.5. The largest absolute Gasteiger partial charge is 0.496 e. The number of ether oxygens (including phenoxy) is 1. The normalized spacial score (nSPS) is 16.8. The third kappa shape index (κ3) is 5.91. The number of nitrogens with one attached hydrogen (secondary N) is 2. The van der Waals surface area contributed by atoms with Gasteiger partial charge in [0.15, 0.2) is 0 Å². The Balaban J connectivity index is 1.34. The number of rotatable bonds is 7. The predicted octanol–water partition coefficient (Wildman–Crippen LogP) is 6.69. The monoisotopic (exact) mass is 511 g/mol. The molecule has 0 spiro atoms. The topological polar surface area (TPSA) is 70.7 Å². The fourth-order valence-corrected chi connectivity index (χ4v) is 6.02. The molecule has 2 aliphatic rings. The lowest BCUT2D eigenvalue weighted by Gasteiger charge is -2.36. The van der Waals surface area contributed by atoms with Crippen LogP contribution in [0.25, 0.3) is 11.1 Å². The van der Waals surface area contributed by atoms with Gasteiger partial charge >= 0.3 is 0 Å². The summed E-state index contributed by atoms with van der Waals surface area (Å²) < 4.78 is 5.71. The van der Waals surface area contributed by atoms with E-state index in [0.29, 0.717) is 17.2 Å². The lowest BCUT2D eigenvalue weighted by molar-refractivity contribution is -0.114. The van der Waals surface area contributed by atoms with E-state index in [1.54, 1.807) is 13.2 Å². The van der Waals surface area contributed by atoms with Crippen LogP contribution in [0.4, 0.5) is 11.4 Å². The number of benzene rings is 3. The molecule has 3 aromatic rings. The molecule has 1 saturated heterocycles. The Kier molecular flexibility index (Phi) is 8.08. The van der Waals surface area contributed by atoms with Crippen molar-refractivity contribution in [2.75, 3.05) is 30.8 Å². The molecule has 0 atom stereocenters. The fraction of sp³-hybridized carbons (Fsp3) is 0.375. The van der Waals surface area contributed by atoms with Crippen molar-refractivity contribution < 1.29 is 14.3 Å². The van der Waals surface area contributed by atoms with Crippen LogP contribution in [-0.4, -0.2) is 43.0 Å². The van der Waals surface area contributed by atoms with Gasteiger partial charge in [-0.2, -0.15) is 0 Å². The summed E-state index contributed by atoms with van der Waals surface area (Å²) in [6.07, 6.45) is 7.58. The molecule has 6 nitrogen and oxygen atoms in total. The smallest absolute Gasteiger partial charge is 0.257 e. The third-order valence-electron chi connectivity index (χ3n) is 7.98. The molecule has 0 radical (unpaired) electrons. The number of hydrogen-bond donors (Lipinski definition) is 2. The number of carbonyl (C=O) groups is 2. The van der Waals surface area contributed by atoms with E-state index in [1.165, 1.54) is 32.6 Å². The number of anilines is 2. The Morgan fingerprint density at radius 2 is 1.58 bits per heavy atom. The molecule has 0 aromatic heterocycles. The van der Waals surface area contributed by atoms with Crippen LogP contribution in [0.1, 0.15) is 67.3 Å². The van der Waals surface area contributed by atoms with Crippen LogP contribution in [0.2, 0.25) is 0 Å². The zero-order valence-corrected chi connectivity index (χ0v) is 22.3. The SMILES string of the molecule is COc1ccc(NC(=O)c2ccc(-c3ccccc3)cc2NC(C)=O)cc1C1CCN(C2CCCC2)CC1. The van der Waals surface area contributed by atoms with Crippen molar-refractivity contribution in [3.63, 3.8) is 0 Å². The first-order valence-electron chi connectivity index (χ1n) is 13.7. The van der Waals surface area contributed by atoms with Crippen molar-refractivity contribution in [2.45, 2.75) is 57.4 Å². The summed E-state index contributed by atoms with van der Waals surface area (Å²) in [5.74, 6) is 0.786. The van der Waals surface area contributed by atoms with Crippen LogP contribution < -0.4 is 15.4 Å². The van der Waals surface area contributed by atoms with Crippen molar-refractivity contribution in [2.24, 2.45) is 0 Å². The third-order valence-corrected chi connectivity index (χ3v) is 7.98. The van der Waals surface area contributed by atoms with Gasteiger partial charge in [-0.05, 0) is 91.7 Å². The second-order valence-corrected chi connectivity index (χ2v) is 10.5. The number of methoxy groups -OCH3 is 1. The number of hydrogen-bond acceptors (Lipinski definition) is 4. The minimum absolute atomic E-state index is 0.222. The molecule has 1 aliphatic heterocycles. The molecule has 1 heterocycles. The van der Waals surface area contributed by atoms with E-state index in [1.807, 2.05) is 54.6 Å². The van der Waals surface area contributed by atoms with Gasteiger partial charge in [-0.3, -0.25) is 9.59 Å². The molecular weight excluding hydrogens is 474 g/mol.